The van der Waals surface area contributed by atoms with E-state index >= 15 is 0 Å². The lowest BCUT2D eigenvalue weighted by atomic mass is 9.73. The maximum atomic E-state index is 11.0. The monoisotopic (exact) mass is 312 g/mol. The number of aryl methyl sites for hydroxylation is 2. The van der Waals surface area contributed by atoms with Crippen LogP contribution in [0.4, 0.5) is 0 Å². The Kier molecular flexibility index (Phi) is 7.02. The second-order valence-corrected chi connectivity index (χ2v) is 5.96. The van der Waals surface area contributed by atoms with E-state index < -0.39 is 5.97 Å². The van der Waals surface area contributed by atoms with Crippen molar-refractivity contribution in [3.63, 3.8) is 0 Å². The summed E-state index contributed by atoms with van der Waals surface area (Å²) >= 11 is 0. The predicted molar refractivity (Wildman–Crippen MR) is 97.0 cm³/mol. The molecule has 0 aliphatic carbocycles. The average Bonchev–Trinajstić information content (AvgIpc) is 2.56. The Morgan fingerprint density at radius 2 is 1.22 bits per heavy atom. The van der Waals surface area contributed by atoms with Gasteiger partial charge in [-0.15, -0.1) is 0 Å². The molecule has 2 aromatic carbocycles. The molecule has 0 saturated heterocycles. The van der Waals surface area contributed by atoms with Gasteiger partial charge in [-0.25, -0.2) is 0 Å². The van der Waals surface area contributed by atoms with Crippen LogP contribution < -0.4 is 0 Å². The van der Waals surface area contributed by atoms with Crippen LogP contribution in [0.15, 0.2) is 48.5 Å². The molecular weight excluding hydrogens is 284 g/mol. The van der Waals surface area contributed by atoms with Gasteiger partial charge in [0.1, 0.15) is 0 Å². The maximum Gasteiger partial charge on any atom is 0.303 e. The summed E-state index contributed by atoms with van der Waals surface area (Å²) in [5, 5.41) is 9.06. The van der Waals surface area contributed by atoms with Gasteiger partial charge in [-0.2, -0.15) is 0 Å². The van der Waals surface area contributed by atoms with E-state index in [0.29, 0.717) is 6.42 Å². The highest BCUT2D eigenvalue weighted by molar-refractivity contribution is 5.67. The zero-order valence-electron chi connectivity index (χ0n) is 14.9. The lowest BCUT2D eigenvalue weighted by Gasteiger charge is -2.31. The van der Waals surface area contributed by atoms with E-state index in [1.54, 1.807) is 0 Å². The van der Waals surface area contributed by atoms with E-state index in [2.05, 4.69) is 69.3 Å². The van der Waals surface area contributed by atoms with Crippen LogP contribution in [0, 0.1) is 13.8 Å². The van der Waals surface area contributed by atoms with Gasteiger partial charge in [-0.3, -0.25) is 4.79 Å². The molecule has 2 heteroatoms. The van der Waals surface area contributed by atoms with Crippen molar-refractivity contribution in [3.05, 3.63) is 70.8 Å². The fourth-order valence-electron chi connectivity index (χ4n) is 2.66. The topological polar surface area (TPSA) is 37.3 Å². The van der Waals surface area contributed by atoms with Crippen LogP contribution in [0.25, 0.3) is 0 Å². The Labute approximate surface area is 140 Å². The van der Waals surface area contributed by atoms with Crippen LogP contribution in [-0.2, 0) is 10.2 Å². The molecule has 0 bridgehead atoms. The van der Waals surface area contributed by atoms with E-state index in [9.17, 15) is 4.79 Å². The summed E-state index contributed by atoms with van der Waals surface area (Å²) < 4.78 is 0. The number of hydrogen-bond acceptors (Lipinski definition) is 1. The first kappa shape index (κ1) is 19.0. The Balaban J connectivity index is 0.00000127. The van der Waals surface area contributed by atoms with Gasteiger partial charge in [0.05, 0.1) is 0 Å². The number of aliphatic carboxylic acids is 1. The number of carboxylic acid groups (broad SMARTS) is 1. The minimum Gasteiger partial charge on any atom is -0.481 e. The predicted octanol–water partition coefficient (Wildman–Crippen LogP) is 5.50. The SMILES string of the molecule is CC.Cc1ccc(C(C)(CCC(=O)O)c2ccc(C)cc2)cc1. The standard InChI is InChI=1S/C19H22O2.C2H6/c1-14-4-8-16(9-5-14)19(3,13-12-18(20)21)17-10-6-15(2)7-11-17;1-2/h4-11H,12-13H2,1-3H3,(H,20,21);1-2H3. The number of carboxylic acids is 1. The van der Waals surface area contributed by atoms with E-state index in [4.69, 9.17) is 5.11 Å². The zero-order valence-corrected chi connectivity index (χ0v) is 14.9. The minimum absolute atomic E-state index is 0.165. The van der Waals surface area contributed by atoms with Crippen molar-refractivity contribution >= 4 is 5.97 Å². The summed E-state index contributed by atoms with van der Waals surface area (Å²) in [5.74, 6) is -0.750. The molecule has 0 spiro atoms. The van der Waals surface area contributed by atoms with Crippen LogP contribution >= 0.6 is 0 Å². The van der Waals surface area contributed by atoms with Crippen molar-refractivity contribution < 1.29 is 9.90 Å². The molecule has 0 aromatic heterocycles. The maximum absolute atomic E-state index is 11.0. The summed E-state index contributed by atoms with van der Waals surface area (Å²) in [7, 11) is 0. The van der Waals surface area contributed by atoms with E-state index in [1.165, 1.54) is 22.3 Å². The lowest BCUT2D eigenvalue weighted by Crippen LogP contribution is -2.25. The summed E-state index contributed by atoms with van der Waals surface area (Å²) in [6, 6.07) is 16.8. The van der Waals surface area contributed by atoms with E-state index in [1.807, 2.05) is 13.8 Å². The van der Waals surface area contributed by atoms with Gasteiger partial charge in [-0.1, -0.05) is 80.4 Å². The molecular formula is C21H28O2. The highest BCUT2D eigenvalue weighted by Crippen LogP contribution is 2.36. The van der Waals surface area contributed by atoms with Crippen LogP contribution in [-0.4, -0.2) is 11.1 Å². The highest BCUT2D eigenvalue weighted by Gasteiger charge is 2.29. The molecule has 2 nitrogen and oxygen atoms in total. The Morgan fingerprint density at radius 3 is 1.52 bits per heavy atom. The van der Waals surface area contributed by atoms with Crippen molar-refractivity contribution in [3.8, 4) is 0 Å². The molecule has 0 aliphatic rings. The van der Waals surface area contributed by atoms with Crippen LogP contribution in [0.3, 0.4) is 0 Å². The van der Waals surface area contributed by atoms with Gasteiger partial charge in [0, 0.05) is 11.8 Å². The molecule has 0 saturated carbocycles. The molecule has 0 aliphatic heterocycles. The molecule has 2 rings (SSSR count). The van der Waals surface area contributed by atoms with E-state index in [-0.39, 0.29) is 11.8 Å². The fraction of sp³-hybridized carbons (Fsp3) is 0.381. The summed E-state index contributed by atoms with van der Waals surface area (Å²) in [4.78, 5) is 11.0. The third kappa shape index (κ3) is 4.95. The summed E-state index contributed by atoms with van der Waals surface area (Å²) in [6.45, 7) is 10.2. The molecule has 0 unspecified atom stereocenters. The molecule has 124 valence electrons. The number of benzene rings is 2. The van der Waals surface area contributed by atoms with Gasteiger partial charge in [0.2, 0.25) is 0 Å². The van der Waals surface area contributed by atoms with Crippen LogP contribution in [0.2, 0.25) is 0 Å². The van der Waals surface area contributed by atoms with Crippen molar-refractivity contribution in [2.75, 3.05) is 0 Å². The van der Waals surface area contributed by atoms with Crippen molar-refractivity contribution in [2.24, 2.45) is 0 Å². The van der Waals surface area contributed by atoms with Gasteiger partial charge in [0.25, 0.3) is 0 Å². The van der Waals surface area contributed by atoms with E-state index in [0.717, 1.165) is 0 Å². The van der Waals surface area contributed by atoms with Gasteiger partial charge >= 0.3 is 5.97 Å². The number of carbonyl (C=O) groups is 1. The molecule has 0 atom stereocenters. The Bertz CT molecular complexity index is 564. The first-order chi connectivity index (χ1) is 10.9. The molecule has 2 aromatic rings. The van der Waals surface area contributed by atoms with Crippen LogP contribution in [0.1, 0.15) is 55.9 Å². The largest absolute Gasteiger partial charge is 0.481 e. The third-order valence-electron chi connectivity index (χ3n) is 4.22. The molecule has 0 fully saturated rings. The normalized spacial score (nSPS) is 10.7. The molecule has 0 radical (unpaired) electrons. The average molecular weight is 312 g/mol. The summed E-state index contributed by atoms with van der Waals surface area (Å²) in [6.07, 6.45) is 0.757. The van der Waals surface area contributed by atoms with Crippen molar-refractivity contribution in [1.29, 1.82) is 0 Å². The Morgan fingerprint density at radius 1 is 0.870 bits per heavy atom. The molecule has 0 heterocycles. The molecule has 0 amide bonds. The first-order valence-electron chi connectivity index (χ1n) is 8.28. The minimum atomic E-state index is -0.750. The quantitative estimate of drug-likeness (QED) is 0.791. The van der Waals surface area contributed by atoms with Gasteiger partial charge in [-0.05, 0) is 31.4 Å². The smallest absolute Gasteiger partial charge is 0.303 e. The Hall–Kier alpha value is -2.09. The second kappa shape index (κ2) is 8.52. The molecule has 1 N–H and O–H groups in total. The third-order valence-corrected chi connectivity index (χ3v) is 4.22. The summed E-state index contributed by atoms with van der Waals surface area (Å²) in [5.41, 5.74) is 4.47. The second-order valence-electron chi connectivity index (χ2n) is 5.96. The van der Waals surface area contributed by atoms with Gasteiger partial charge in [0.15, 0.2) is 0 Å². The molecule has 23 heavy (non-hydrogen) atoms. The zero-order chi connectivity index (χ0) is 17.5. The van der Waals surface area contributed by atoms with Crippen LogP contribution in [0.5, 0.6) is 0 Å². The van der Waals surface area contributed by atoms with Gasteiger partial charge < -0.3 is 5.11 Å². The fourth-order valence-corrected chi connectivity index (χ4v) is 2.66. The van der Waals surface area contributed by atoms with Crippen molar-refractivity contribution in [1.82, 2.24) is 0 Å². The first-order valence-corrected chi connectivity index (χ1v) is 8.28. The lowest BCUT2D eigenvalue weighted by molar-refractivity contribution is -0.137. The van der Waals surface area contributed by atoms with Crippen molar-refractivity contribution in [2.45, 2.75) is 52.9 Å². The number of hydrogen-bond donors (Lipinski definition) is 1. The highest BCUT2D eigenvalue weighted by atomic mass is 16.4. The number of rotatable bonds is 5.